The standard InChI is InChI=1S/C22H17N7O13S2.Na/c30-10-12-6-17(28(33)34)19(43(37,38)39)8-15(12)26-24-21(22(32)23-14-4-2-1-3-5-14)25-27(26)16-9-20(44(40,41)42)18(29(35)36)7-13(16)11-31;/h1-9,30-31H,10-11H2,(H2-,23,32,37,38,39,40,41,42);/q;+1/p-1. The van der Waals surface area contributed by atoms with Gasteiger partial charge in [-0.25, -0.2) is 16.8 Å². The number of carbonyl (C=O) groups excluding carboxylic acids is 1. The zero-order valence-corrected chi connectivity index (χ0v) is 26.1. The van der Waals surface area contributed by atoms with Crippen LogP contribution in [-0.2, 0) is 33.5 Å². The first-order chi connectivity index (χ1) is 20.6. The van der Waals surface area contributed by atoms with E-state index in [1.807, 2.05) is 0 Å². The predicted octanol–water partition coefficient (Wildman–Crippen LogP) is -3.59. The summed E-state index contributed by atoms with van der Waals surface area (Å²) in [6.45, 7) is -2.12. The first-order valence-electron chi connectivity index (χ1n) is 11.6. The van der Waals surface area contributed by atoms with Gasteiger partial charge in [0.05, 0.1) is 28.2 Å². The van der Waals surface area contributed by atoms with Crippen molar-refractivity contribution < 1.29 is 85.1 Å². The van der Waals surface area contributed by atoms with Gasteiger partial charge in [-0.1, -0.05) is 18.2 Å². The number of nitro benzene ring substituents is 2. The van der Waals surface area contributed by atoms with Crippen LogP contribution in [0.15, 0.2) is 64.4 Å². The van der Waals surface area contributed by atoms with E-state index in [0.29, 0.717) is 33.9 Å². The van der Waals surface area contributed by atoms with Gasteiger partial charge in [-0.2, -0.15) is 0 Å². The molecule has 45 heavy (non-hydrogen) atoms. The van der Waals surface area contributed by atoms with E-state index in [4.69, 9.17) is 0 Å². The number of hydrogen-bond acceptors (Lipinski definition) is 15. The van der Waals surface area contributed by atoms with E-state index < -0.39 is 98.7 Å². The molecule has 0 atom stereocenters. The molecule has 0 spiro atoms. The minimum absolute atomic E-state index is 0. The topological polar surface area (TPSA) is 305 Å². The Morgan fingerprint density at radius 1 is 0.867 bits per heavy atom. The number of anilines is 1. The number of aliphatic hydroxyl groups is 2. The summed E-state index contributed by atoms with van der Waals surface area (Å²) in [7, 11) is -11.1. The van der Waals surface area contributed by atoms with Gasteiger partial charge in [0.1, 0.15) is 35.7 Å². The van der Waals surface area contributed by atoms with Crippen molar-refractivity contribution in [2.24, 2.45) is 0 Å². The van der Waals surface area contributed by atoms with Crippen LogP contribution in [0.2, 0.25) is 0 Å². The molecule has 1 aromatic heterocycles. The summed E-state index contributed by atoms with van der Waals surface area (Å²) in [4.78, 5) is 31.8. The molecular formula is C22H16N7NaO13S2. The minimum atomic E-state index is -5.57. The Morgan fingerprint density at radius 3 is 1.87 bits per heavy atom. The number of nitro groups is 2. The molecule has 0 fully saturated rings. The van der Waals surface area contributed by atoms with Crippen LogP contribution in [0.5, 0.6) is 0 Å². The molecule has 1 heterocycles. The summed E-state index contributed by atoms with van der Waals surface area (Å²) >= 11 is 0. The molecule has 0 bridgehead atoms. The molecule has 20 nitrogen and oxygen atoms in total. The zero-order chi connectivity index (χ0) is 32.6. The molecule has 3 aromatic carbocycles. The van der Waals surface area contributed by atoms with E-state index in [1.165, 1.54) is 12.1 Å². The number of aromatic nitrogens is 4. The summed E-state index contributed by atoms with van der Waals surface area (Å²) in [5.41, 5.74) is -4.43. The molecule has 4 aromatic rings. The first kappa shape index (κ1) is 35.2. The van der Waals surface area contributed by atoms with Crippen LogP contribution in [-0.4, -0.2) is 66.9 Å². The van der Waals surface area contributed by atoms with Gasteiger partial charge in [-0.3, -0.25) is 25.0 Å². The fraction of sp³-hybridized carbons (Fsp3) is 0.0909. The van der Waals surface area contributed by atoms with E-state index in [9.17, 15) is 61.2 Å². The zero-order valence-electron chi connectivity index (χ0n) is 22.5. The van der Waals surface area contributed by atoms with Crippen molar-refractivity contribution in [1.29, 1.82) is 0 Å². The van der Waals surface area contributed by atoms with Crippen LogP contribution in [0.3, 0.4) is 0 Å². The number of nitrogens with one attached hydrogen (secondary N) is 1. The molecule has 0 aliphatic carbocycles. The number of para-hydroxylation sites is 1. The third kappa shape index (κ3) is 7.35. The maximum Gasteiger partial charge on any atom is 1.00 e. The van der Waals surface area contributed by atoms with E-state index in [2.05, 4.69) is 15.5 Å². The minimum Gasteiger partial charge on any atom is -0.744 e. The number of amides is 1. The second-order valence-electron chi connectivity index (χ2n) is 8.56. The number of hydrogen-bond donors (Lipinski definition) is 3. The summed E-state index contributed by atoms with van der Waals surface area (Å²) in [6, 6.07) is 9.59. The summed E-state index contributed by atoms with van der Waals surface area (Å²) in [5, 5.41) is 53.2. The Morgan fingerprint density at radius 2 is 1.38 bits per heavy atom. The number of benzene rings is 3. The maximum atomic E-state index is 13.1. The first-order valence-corrected chi connectivity index (χ1v) is 14.4. The molecule has 0 saturated heterocycles. The van der Waals surface area contributed by atoms with Crippen molar-refractivity contribution in [1.82, 2.24) is 15.0 Å². The van der Waals surface area contributed by atoms with Gasteiger partial charge in [0, 0.05) is 44.9 Å². The van der Waals surface area contributed by atoms with Crippen molar-refractivity contribution in [2.75, 3.05) is 5.32 Å². The van der Waals surface area contributed by atoms with Crippen LogP contribution >= 0.6 is 0 Å². The van der Waals surface area contributed by atoms with Crippen molar-refractivity contribution in [2.45, 2.75) is 23.0 Å². The van der Waals surface area contributed by atoms with Gasteiger partial charge in [0.15, 0.2) is 5.69 Å². The average Bonchev–Trinajstić information content (AvgIpc) is 3.40. The Bertz CT molecular complexity index is 1940. The molecule has 0 radical (unpaired) electrons. The molecule has 0 unspecified atom stereocenters. The van der Waals surface area contributed by atoms with Gasteiger partial charge < -0.3 is 24.6 Å². The van der Waals surface area contributed by atoms with Crippen LogP contribution in [0, 0.1) is 20.2 Å². The Labute approximate surface area is 273 Å². The van der Waals surface area contributed by atoms with E-state index in [1.54, 1.807) is 18.2 Å². The number of nitrogens with zero attached hydrogens (tertiary/aromatic N) is 6. The molecular weight excluding hydrogens is 657 g/mol. The molecule has 1 amide bonds. The monoisotopic (exact) mass is 673 g/mol. The van der Waals surface area contributed by atoms with E-state index >= 15 is 0 Å². The quantitative estimate of drug-likeness (QED) is 0.0482. The van der Waals surface area contributed by atoms with Crippen molar-refractivity contribution >= 4 is 43.2 Å². The average molecular weight is 674 g/mol. The fourth-order valence-electron chi connectivity index (χ4n) is 3.91. The van der Waals surface area contributed by atoms with Gasteiger partial charge in [-0.15, -0.1) is 0 Å². The molecule has 0 aliphatic heterocycles. The number of carbonyl (C=O) groups is 1. The predicted molar refractivity (Wildman–Crippen MR) is 138 cm³/mol. The molecule has 0 saturated carbocycles. The smallest absolute Gasteiger partial charge is 0.744 e. The molecule has 0 aliphatic rings. The van der Waals surface area contributed by atoms with Crippen LogP contribution in [0.25, 0.3) is 11.4 Å². The van der Waals surface area contributed by atoms with E-state index in [-0.39, 0.29) is 35.2 Å². The Balaban J connectivity index is 0.00000552. The molecule has 3 N–H and O–H groups in total. The summed E-state index contributed by atoms with van der Waals surface area (Å²) in [5.74, 6) is -1.81. The molecule has 230 valence electrons. The summed E-state index contributed by atoms with van der Waals surface area (Å²) in [6.07, 6.45) is 0. The van der Waals surface area contributed by atoms with Crippen LogP contribution in [0.4, 0.5) is 17.1 Å². The maximum absolute atomic E-state index is 13.1. The van der Waals surface area contributed by atoms with Gasteiger partial charge in [0.2, 0.25) is 0 Å². The van der Waals surface area contributed by atoms with Crippen LogP contribution < -0.4 is 39.7 Å². The van der Waals surface area contributed by atoms with Crippen LogP contribution in [0.1, 0.15) is 21.7 Å². The van der Waals surface area contributed by atoms with Gasteiger partial charge in [0.25, 0.3) is 11.4 Å². The number of rotatable bonds is 10. The summed E-state index contributed by atoms with van der Waals surface area (Å²) < 4.78 is 71.6. The van der Waals surface area contributed by atoms with Gasteiger partial charge in [-0.05, 0) is 23.0 Å². The molecule has 23 heteroatoms. The van der Waals surface area contributed by atoms with E-state index in [0.717, 1.165) is 0 Å². The third-order valence-electron chi connectivity index (χ3n) is 5.82. The second kappa shape index (κ2) is 13.4. The Kier molecular flexibility index (Phi) is 10.5. The third-order valence-corrected chi connectivity index (χ3v) is 7.55. The van der Waals surface area contributed by atoms with Crippen molar-refractivity contribution in [3.05, 3.63) is 91.8 Å². The SMILES string of the molecule is O=C(Nc1ccccc1)c1nn(-c2cc(S(=O)(=O)[O-])c([N+](=O)[O-])cc2CO)[n+](-c2cc(S(=O)(=O)[O-])c([N+](=O)[O-])cc2CO)n1.[Na+]. The van der Waals surface area contributed by atoms with Crippen molar-refractivity contribution in [3.8, 4) is 11.4 Å². The number of aliphatic hydroxyl groups excluding tert-OH is 2. The Hall–Kier alpha value is -4.26. The second-order valence-corrected chi connectivity index (χ2v) is 11.3. The normalized spacial score (nSPS) is 11.5. The fourth-order valence-corrected chi connectivity index (χ4v) is 5.20. The molecule has 4 rings (SSSR count). The largest absolute Gasteiger partial charge is 1.00 e. The van der Waals surface area contributed by atoms with Gasteiger partial charge >= 0.3 is 41.3 Å². The number of tetrazole rings is 1. The van der Waals surface area contributed by atoms with Crippen molar-refractivity contribution in [3.63, 3.8) is 0 Å².